The maximum absolute atomic E-state index is 11.0. The van der Waals surface area contributed by atoms with Gasteiger partial charge in [0, 0.05) is 5.25 Å². The Morgan fingerprint density at radius 2 is 2.05 bits per heavy atom. The molecule has 21 heavy (non-hydrogen) atoms. The number of carboxylic acids is 1. The van der Waals surface area contributed by atoms with Gasteiger partial charge in [0.15, 0.2) is 10.7 Å². The number of thioether (sulfide) groups is 1. The molecule has 0 saturated carbocycles. The van der Waals surface area contributed by atoms with E-state index >= 15 is 0 Å². The summed E-state index contributed by atoms with van der Waals surface area (Å²) >= 11 is 13.5. The molecule has 1 unspecified atom stereocenters. The van der Waals surface area contributed by atoms with Gasteiger partial charge in [-0.2, -0.15) is 0 Å². The van der Waals surface area contributed by atoms with Crippen LogP contribution in [0.4, 0.5) is 0 Å². The van der Waals surface area contributed by atoms with Crippen LogP contribution in [0.3, 0.4) is 0 Å². The summed E-state index contributed by atoms with van der Waals surface area (Å²) in [6.45, 7) is 0. The zero-order valence-electron chi connectivity index (χ0n) is 10.8. The van der Waals surface area contributed by atoms with Crippen LogP contribution in [0.25, 0.3) is 0 Å². The van der Waals surface area contributed by atoms with E-state index in [0.717, 1.165) is 24.8 Å². The number of nitrogens with zero attached hydrogens (tertiary/aromatic N) is 2. The molecular weight excluding hydrogens is 333 g/mol. The smallest absolute Gasteiger partial charge is 0.356 e. The van der Waals surface area contributed by atoms with E-state index in [-0.39, 0.29) is 10.9 Å². The first-order valence-corrected chi connectivity index (χ1v) is 7.96. The van der Waals surface area contributed by atoms with Crippen LogP contribution in [0.1, 0.15) is 28.0 Å². The standard InChI is InChI=1S/C13H11Cl2N3O2S/c14-9-4-6-1-2-8(3-7(6)5-10(9)15)21-12-11(13(19)20)16-18-17-12/h4-5,8H,1-3H2,(H,19,20)(H,16,17,18). The summed E-state index contributed by atoms with van der Waals surface area (Å²) in [5.74, 6) is -1.05. The third-order valence-electron chi connectivity index (χ3n) is 3.43. The van der Waals surface area contributed by atoms with E-state index in [4.69, 9.17) is 28.3 Å². The Kier molecular flexibility index (Phi) is 4.10. The van der Waals surface area contributed by atoms with Gasteiger partial charge in [0.2, 0.25) is 0 Å². The van der Waals surface area contributed by atoms with Gasteiger partial charge in [-0.3, -0.25) is 5.10 Å². The second-order valence-corrected chi connectivity index (χ2v) is 6.92. The molecule has 0 amide bonds. The summed E-state index contributed by atoms with van der Waals surface area (Å²) in [7, 11) is 0. The summed E-state index contributed by atoms with van der Waals surface area (Å²) < 4.78 is 0. The fraction of sp³-hybridized carbons (Fsp3) is 0.308. The molecule has 3 rings (SSSR count). The zero-order valence-corrected chi connectivity index (χ0v) is 13.1. The average molecular weight is 344 g/mol. The molecule has 8 heteroatoms. The molecule has 0 spiro atoms. The second kappa shape index (κ2) is 5.87. The Hall–Kier alpha value is -1.24. The third-order valence-corrected chi connectivity index (χ3v) is 5.40. The van der Waals surface area contributed by atoms with Crippen LogP contribution in [-0.4, -0.2) is 31.7 Å². The van der Waals surface area contributed by atoms with Gasteiger partial charge in [0.05, 0.1) is 10.0 Å². The first-order valence-electron chi connectivity index (χ1n) is 6.32. The minimum Gasteiger partial charge on any atom is -0.476 e. The highest BCUT2D eigenvalue weighted by Gasteiger charge is 2.24. The van der Waals surface area contributed by atoms with Crippen molar-refractivity contribution in [3.05, 3.63) is 39.0 Å². The predicted molar refractivity (Wildman–Crippen MR) is 81.5 cm³/mol. The number of aromatic amines is 1. The van der Waals surface area contributed by atoms with Crippen molar-refractivity contribution in [1.82, 2.24) is 15.4 Å². The fourth-order valence-electron chi connectivity index (χ4n) is 2.41. The van der Waals surface area contributed by atoms with E-state index in [1.54, 1.807) is 0 Å². The quantitative estimate of drug-likeness (QED) is 0.891. The van der Waals surface area contributed by atoms with E-state index < -0.39 is 5.97 Å². The highest BCUT2D eigenvalue weighted by atomic mass is 35.5. The number of carbonyl (C=O) groups is 1. The predicted octanol–water partition coefficient (Wildman–Crippen LogP) is 3.46. The molecule has 1 atom stereocenters. The Morgan fingerprint density at radius 3 is 2.76 bits per heavy atom. The van der Waals surface area contributed by atoms with Crippen molar-refractivity contribution in [3.63, 3.8) is 0 Å². The Bertz CT molecular complexity index is 705. The summed E-state index contributed by atoms with van der Waals surface area (Å²) in [5, 5.41) is 20.7. The normalized spacial score (nSPS) is 17.5. The first kappa shape index (κ1) is 14.7. The van der Waals surface area contributed by atoms with Crippen molar-refractivity contribution < 1.29 is 9.90 Å². The number of halogens is 2. The van der Waals surface area contributed by atoms with E-state index in [0.29, 0.717) is 15.1 Å². The van der Waals surface area contributed by atoms with E-state index in [9.17, 15) is 4.79 Å². The van der Waals surface area contributed by atoms with Gasteiger partial charge in [0.25, 0.3) is 0 Å². The molecule has 2 N–H and O–H groups in total. The molecule has 5 nitrogen and oxygen atoms in total. The topological polar surface area (TPSA) is 78.9 Å². The summed E-state index contributed by atoms with van der Waals surface area (Å²) in [4.78, 5) is 11.0. The number of fused-ring (bicyclic) bond motifs is 1. The fourth-order valence-corrected chi connectivity index (χ4v) is 3.94. The Morgan fingerprint density at radius 1 is 1.33 bits per heavy atom. The molecule has 2 aromatic rings. The largest absolute Gasteiger partial charge is 0.476 e. The van der Waals surface area contributed by atoms with Crippen LogP contribution >= 0.6 is 35.0 Å². The van der Waals surface area contributed by atoms with Crippen molar-refractivity contribution in [3.8, 4) is 0 Å². The number of nitrogens with one attached hydrogen (secondary N) is 1. The average Bonchev–Trinajstić information content (AvgIpc) is 2.89. The second-order valence-electron chi connectivity index (χ2n) is 4.81. The van der Waals surface area contributed by atoms with Crippen LogP contribution in [0.2, 0.25) is 10.0 Å². The van der Waals surface area contributed by atoms with E-state index in [1.165, 1.54) is 17.3 Å². The number of aromatic nitrogens is 3. The van der Waals surface area contributed by atoms with Crippen molar-refractivity contribution in [2.75, 3.05) is 0 Å². The molecule has 0 bridgehead atoms. The minimum absolute atomic E-state index is 0.0416. The molecule has 1 aromatic heterocycles. The zero-order chi connectivity index (χ0) is 15.0. The maximum atomic E-state index is 11.0. The minimum atomic E-state index is -1.05. The van der Waals surface area contributed by atoms with Gasteiger partial charge < -0.3 is 5.11 Å². The Labute approximate surface area is 135 Å². The molecule has 1 aromatic carbocycles. The molecule has 0 saturated heterocycles. The number of benzene rings is 1. The summed E-state index contributed by atoms with van der Waals surface area (Å²) in [6, 6.07) is 3.81. The molecule has 1 aliphatic carbocycles. The van der Waals surface area contributed by atoms with Crippen molar-refractivity contribution in [2.45, 2.75) is 29.5 Å². The lowest BCUT2D eigenvalue weighted by molar-refractivity contribution is 0.0686. The number of hydrogen-bond acceptors (Lipinski definition) is 4. The summed E-state index contributed by atoms with van der Waals surface area (Å²) in [6.07, 6.45) is 2.63. The Balaban J connectivity index is 1.79. The lowest BCUT2D eigenvalue weighted by Gasteiger charge is -2.24. The monoisotopic (exact) mass is 343 g/mol. The molecular formula is C13H11Cl2N3O2S. The number of aryl methyl sites for hydroxylation is 1. The van der Waals surface area contributed by atoms with Crippen LogP contribution in [0.5, 0.6) is 0 Å². The SMILES string of the molecule is O=C(O)c1[nH]nnc1SC1CCc2cc(Cl)c(Cl)cc2C1. The van der Waals surface area contributed by atoms with Crippen LogP contribution < -0.4 is 0 Å². The molecule has 1 heterocycles. The molecule has 1 aliphatic rings. The van der Waals surface area contributed by atoms with Gasteiger partial charge in [-0.15, -0.1) is 5.10 Å². The van der Waals surface area contributed by atoms with Crippen molar-refractivity contribution >= 4 is 40.9 Å². The number of carboxylic acid groups (broad SMARTS) is 1. The molecule has 0 radical (unpaired) electrons. The van der Waals surface area contributed by atoms with Gasteiger partial charge in [0.1, 0.15) is 0 Å². The van der Waals surface area contributed by atoms with Gasteiger partial charge in [-0.25, -0.2) is 4.79 Å². The lowest BCUT2D eigenvalue weighted by Crippen LogP contribution is -2.17. The van der Waals surface area contributed by atoms with E-state index in [2.05, 4.69) is 15.4 Å². The maximum Gasteiger partial charge on any atom is 0.356 e. The van der Waals surface area contributed by atoms with Crippen molar-refractivity contribution in [1.29, 1.82) is 0 Å². The number of aromatic carboxylic acids is 1. The molecule has 0 aliphatic heterocycles. The van der Waals surface area contributed by atoms with E-state index in [1.807, 2.05) is 12.1 Å². The van der Waals surface area contributed by atoms with Crippen molar-refractivity contribution in [2.24, 2.45) is 0 Å². The van der Waals surface area contributed by atoms with Crippen LogP contribution in [-0.2, 0) is 12.8 Å². The van der Waals surface area contributed by atoms with Gasteiger partial charge in [-0.1, -0.05) is 40.2 Å². The summed E-state index contributed by atoms with van der Waals surface area (Å²) in [5.41, 5.74) is 2.41. The van der Waals surface area contributed by atoms with Crippen LogP contribution in [0, 0.1) is 0 Å². The highest BCUT2D eigenvalue weighted by molar-refractivity contribution is 7.99. The molecule has 110 valence electrons. The number of hydrogen-bond donors (Lipinski definition) is 2. The number of H-pyrrole nitrogens is 1. The highest BCUT2D eigenvalue weighted by Crippen LogP contribution is 2.36. The van der Waals surface area contributed by atoms with Gasteiger partial charge >= 0.3 is 5.97 Å². The third kappa shape index (κ3) is 3.02. The van der Waals surface area contributed by atoms with Crippen LogP contribution in [0.15, 0.2) is 17.2 Å². The lowest BCUT2D eigenvalue weighted by atomic mass is 9.91. The van der Waals surface area contributed by atoms with Gasteiger partial charge in [-0.05, 0) is 42.5 Å². The number of rotatable bonds is 3. The first-order chi connectivity index (χ1) is 10.0. The molecule has 0 fully saturated rings.